The Kier molecular flexibility index (Phi) is 20.3. The van der Waals surface area contributed by atoms with Crippen LogP contribution in [-0.4, -0.2) is 106 Å². The van der Waals surface area contributed by atoms with Crippen molar-refractivity contribution in [3.05, 3.63) is 0 Å². The molecular weight excluding hydrogens is 731 g/mol. The molecule has 0 aliphatic carbocycles. The highest BCUT2D eigenvalue weighted by molar-refractivity contribution is 4.93. The second-order valence-electron chi connectivity index (χ2n) is 27.9. The Morgan fingerprint density at radius 3 is 0.898 bits per heavy atom. The van der Waals surface area contributed by atoms with Crippen molar-refractivity contribution in [2.45, 2.75) is 252 Å². The van der Waals surface area contributed by atoms with Gasteiger partial charge in [-0.15, -0.1) is 0 Å². The minimum Gasteiger partial charge on any atom is -0.298 e. The van der Waals surface area contributed by atoms with Gasteiger partial charge in [-0.05, 0) is 207 Å². The fraction of sp³-hybridized carbons (Fsp3) is 1.00. The molecule has 3 unspecified atom stereocenters. The Balaban J connectivity index is 0.000000393. The molecule has 0 aromatic rings. The van der Waals surface area contributed by atoms with Gasteiger partial charge in [-0.3, -0.25) is 19.6 Å². The average Bonchev–Trinajstić information content (AvgIpc) is 3.02. The van der Waals surface area contributed by atoms with E-state index in [0.717, 1.165) is 43.8 Å². The first-order valence-corrected chi connectivity index (χ1v) is 24.4. The van der Waals surface area contributed by atoms with E-state index in [1.54, 1.807) is 0 Å². The highest BCUT2D eigenvalue weighted by Gasteiger charge is 2.41. The van der Waals surface area contributed by atoms with Gasteiger partial charge in [-0.25, -0.2) is 8.78 Å². The summed E-state index contributed by atoms with van der Waals surface area (Å²) in [6, 6.07) is 0.739. The molecule has 0 N–H and O–H groups in total. The standard InChI is InChI=1S/C14H29N.2C13H26FN.C13H27N/c1-11-10-12(13(2,3)4)8-9-15(11)14(5,6)7;2*1-12(2,3)10-7-8-15(9-11(10)14)13(4,5)6;1-12(2,3)11-7-9-14(10-8-11)13(4,5)6/h11-12H,8-10H2,1-7H3;2*10-11H,7-9H2,1-6H3;11H,7-10H2,1-6H3/t11-,12?;2*10?,11-;/m110./s1. The quantitative estimate of drug-likeness (QED) is 0.241. The predicted molar refractivity (Wildman–Crippen MR) is 259 cm³/mol. The van der Waals surface area contributed by atoms with Gasteiger partial charge in [0.25, 0.3) is 0 Å². The second kappa shape index (κ2) is 21.1. The minimum atomic E-state index is -0.669. The molecule has 4 nitrogen and oxygen atoms in total. The molecule has 4 aliphatic rings. The number of rotatable bonds is 0. The van der Waals surface area contributed by atoms with Gasteiger partial charge in [0.2, 0.25) is 0 Å². The Labute approximate surface area is 370 Å². The summed E-state index contributed by atoms with van der Waals surface area (Å²) in [5, 5.41) is 0. The van der Waals surface area contributed by atoms with Crippen LogP contribution >= 0.6 is 0 Å². The lowest BCUT2D eigenvalue weighted by Gasteiger charge is -2.48. The first-order valence-electron chi connectivity index (χ1n) is 24.4. The van der Waals surface area contributed by atoms with E-state index in [0.29, 0.717) is 35.0 Å². The first-order chi connectivity index (χ1) is 26.1. The normalized spacial score (nSPS) is 28.7. The number of hydrogen-bond donors (Lipinski definition) is 0. The van der Waals surface area contributed by atoms with Crippen molar-refractivity contribution in [3.63, 3.8) is 0 Å². The van der Waals surface area contributed by atoms with Crippen LogP contribution in [0, 0.1) is 45.3 Å². The molecule has 6 atom stereocenters. The maximum atomic E-state index is 14.1. The average molecular weight is 839 g/mol. The van der Waals surface area contributed by atoms with Crippen LogP contribution in [-0.2, 0) is 0 Å². The van der Waals surface area contributed by atoms with Crippen molar-refractivity contribution in [1.29, 1.82) is 0 Å². The van der Waals surface area contributed by atoms with Gasteiger partial charge < -0.3 is 0 Å². The summed E-state index contributed by atoms with van der Waals surface area (Å²) in [6.07, 6.45) is 6.12. The van der Waals surface area contributed by atoms with Gasteiger partial charge in [-0.2, -0.15) is 0 Å². The molecule has 0 bridgehead atoms. The molecule has 4 heterocycles. The minimum absolute atomic E-state index is 0.101. The molecule has 354 valence electrons. The fourth-order valence-corrected chi connectivity index (χ4v) is 10.4. The molecule has 0 spiro atoms. The molecule has 4 saturated heterocycles. The van der Waals surface area contributed by atoms with E-state index in [-0.39, 0.29) is 33.7 Å². The zero-order valence-corrected chi connectivity index (χ0v) is 44.8. The van der Waals surface area contributed by atoms with E-state index in [1.807, 2.05) is 0 Å². The Morgan fingerprint density at radius 2 is 0.661 bits per heavy atom. The van der Waals surface area contributed by atoms with E-state index >= 15 is 0 Å². The Morgan fingerprint density at radius 1 is 0.356 bits per heavy atom. The number of hydrogen-bond acceptors (Lipinski definition) is 4. The van der Waals surface area contributed by atoms with Crippen LogP contribution in [0.1, 0.15) is 212 Å². The third-order valence-electron chi connectivity index (χ3n) is 14.8. The van der Waals surface area contributed by atoms with Crippen molar-refractivity contribution in [3.8, 4) is 0 Å². The third kappa shape index (κ3) is 19.1. The van der Waals surface area contributed by atoms with Gasteiger partial charge in [0, 0.05) is 41.3 Å². The predicted octanol–water partition coefficient (Wildman–Crippen LogP) is 14.5. The van der Waals surface area contributed by atoms with Gasteiger partial charge in [0.1, 0.15) is 12.3 Å². The highest BCUT2D eigenvalue weighted by Crippen LogP contribution is 2.41. The molecule has 0 saturated carbocycles. The zero-order valence-electron chi connectivity index (χ0n) is 44.8. The second-order valence-corrected chi connectivity index (χ2v) is 27.9. The number of piperidine rings is 4. The number of halogens is 2. The van der Waals surface area contributed by atoms with Gasteiger partial charge in [-0.1, -0.05) is 83.1 Å². The van der Waals surface area contributed by atoms with Crippen LogP contribution in [0.3, 0.4) is 0 Å². The van der Waals surface area contributed by atoms with Gasteiger partial charge in [0.05, 0.1) is 0 Å². The largest absolute Gasteiger partial charge is 0.298 e. The summed E-state index contributed by atoms with van der Waals surface area (Å²) in [7, 11) is 0. The fourth-order valence-electron chi connectivity index (χ4n) is 10.4. The number of nitrogens with zero attached hydrogens (tertiary/aromatic N) is 4. The SMILES string of the molecule is CC(C)(C)C1CCN(C(C)(C)C)CC1.CC(C)(C)C1CCN(C(C)(C)C)C[C@@H]1F.CC(C)(C)C1CCN(C(C)(C)C)C[C@H]1F.C[C@@H]1CC(C(C)(C)C)CCN1C(C)(C)C. The third-order valence-corrected chi connectivity index (χ3v) is 14.8. The van der Waals surface area contributed by atoms with E-state index in [1.165, 1.54) is 45.3 Å². The summed E-state index contributed by atoms with van der Waals surface area (Å²) in [5.74, 6) is 2.25. The van der Waals surface area contributed by atoms with Crippen molar-refractivity contribution in [2.24, 2.45) is 45.3 Å². The molecule has 59 heavy (non-hydrogen) atoms. The van der Waals surface area contributed by atoms with Gasteiger partial charge in [0.15, 0.2) is 0 Å². The first kappa shape index (κ1) is 56.7. The van der Waals surface area contributed by atoms with Crippen molar-refractivity contribution < 1.29 is 8.78 Å². The molecule has 0 amide bonds. The van der Waals surface area contributed by atoms with Gasteiger partial charge >= 0.3 is 0 Å². The lowest BCUT2D eigenvalue weighted by Crippen LogP contribution is -2.52. The van der Waals surface area contributed by atoms with Crippen molar-refractivity contribution >= 4 is 0 Å². The lowest BCUT2D eigenvalue weighted by atomic mass is 9.73. The molecule has 4 fully saturated rings. The monoisotopic (exact) mass is 839 g/mol. The molecule has 4 rings (SSSR count). The van der Waals surface area contributed by atoms with Crippen molar-refractivity contribution in [1.82, 2.24) is 19.6 Å². The summed E-state index contributed by atoms with van der Waals surface area (Å²) in [6.45, 7) is 63.7. The summed E-state index contributed by atoms with van der Waals surface area (Å²) in [4.78, 5) is 9.81. The maximum absolute atomic E-state index is 14.1. The Hall–Kier alpha value is -0.300. The smallest absolute Gasteiger partial charge is 0.116 e. The summed E-state index contributed by atoms with van der Waals surface area (Å²) >= 11 is 0. The van der Waals surface area contributed by atoms with E-state index in [9.17, 15) is 8.78 Å². The molecule has 6 heteroatoms. The molecule has 4 aliphatic heterocycles. The van der Waals surface area contributed by atoms with Crippen LogP contribution in [0.5, 0.6) is 0 Å². The Bertz CT molecular complexity index is 1050. The molecule has 0 radical (unpaired) electrons. The van der Waals surface area contributed by atoms with E-state index in [2.05, 4.69) is 193 Å². The number of likely N-dealkylation sites (tertiary alicyclic amines) is 4. The molecule has 0 aromatic heterocycles. The van der Waals surface area contributed by atoms with Crippen molar-refractivity contribution in [2.75, 3.05) is 45.8 Å². The van der Waals surface area contributed by atoms with Crippen LogP contribution in [0.4, 0.5) is 8.78 Å². The summed E-state index contributed by atoms with van der Waals surface area (Å²) < 4.78 is 28.2. The molecule has 0 aromatic carbocycles. The van der Waals surface area contributed by atoms with Crippen LogP contribution in [0.2, 0.25) is 0 Å². The zero-order chi connectivity index (χ0) is 46.5. The maximum Gasteiger partial charge on any atom is 0.116 e. The van der Waals surface area contributed by atoms with E-state index < -0.39 is 12.3 Å². The van der Waals surface area contributed by atoms with Crippen LogP contribution in [0.25, 0.3) is 0 Å². The summed E-state index contributed by atoms with van der Waals surface area (Å²) in [5.41, 5.74) is 2.10. The lowest BCUT2D eigenvalue weighted by molar-refractivity contribution is -0.0101. The highest BCUT2D eigenvalue weighted by atomic mass is 19.1. The topological polar surface area (TPSA) is 13.0 Å². The van der Waals surface area contributed by atoms with Crippen LogP contribution in [0.15, 0.2) is 0 Å². The number of alkyl halides is 2. The van der Waals surface area contributed by atoms with Crippen LogP contribution < -0.4 is 0 Å². The van der Waals surface area contributed by atoms with E-state index in [4.69, 9.17) is 0 Å². The molecular formula is C53H108F2N4.